The molecule has 1 aliphatic heterocycles. The van der Waals surface area contributed by atoms with E-state index in [2.05, 4.69) is 37.6 Å². The van der Waals surface area contributed by atoms with Gasteiger partial charge in [0.25, 0.3) is 0 Å². The van der Waals surface area contributed by atoms with Crippen LogP contribution in [-0.2, 0) is 0 Å². The molecule has 0 spiro atoms. The van der Waals surface area contributed by atoms with Gasteiger partial charge in [-0.2, -0.15) is 4.52 Å². The first-order chi connectivity index (χ1) is 8.86. The molecule has 1 aliphatic rings. The van der Waals surface area contributed by atoms with E-state index in [1.807, 2.05) is 0 Å². The highest BCUT2D eigenvalue weighted by atomic mass is 15.5. The minimum Gasteiger partial charge on any atom is -0.366 e. The standard InChI is InChI=1S/C11H17N7/c1-2-17-5-3-9(4-6-17)13-10-7-12-8-11-14-15-16-18(10)11/h7-9,13H,2-6H2,1H3. The number of rotatable bonds is 3. The predicted molar refractivity (Wildman–Crippen MR) is 67.3 cm³/mol. The molecule has 7 heteroatoms. The Morgan fingerprint density at radius 3 is 2.94 bits per heavy atom. The summed E-state index contributed by atoms with van der Waals surface area (Å²) in [5.41, 5.74) is 0.672. The molecule has 96 valence electrons. The molecule has 1 N–H and O–H groups in total. The van der Waals surface area contributed by atoms with Gasteiger partial charge in [0, 0.05) is 19.1 Å². The highest BCUT2D eigenvalue weighted by Crippen LogP contribution is 2.15. The lowest BCUT2D eigenvalue weighted by Gasteiger charge is -2.31. The van der Waals surface area contributed by atoms with Crippen LogP contribution < -0.4 is 5.32 Å². The molecule has 2 aromatic heterocycles. The lowest BCUT2D eigenvalue weighted by molar-refractivity contribution is 0.229. The fourth-order valence-corrected chi connectivity index (χ4v) is 2.38. The molecule has 0 atom stereocenters. The summed E-state index contributed by atoms with van der Waals surface area (Å²) in [7, 11) is 0. The van der Waals surface area contributed by atoms with E-state index in [4.69, 9.17) is 0 Å². The van der Waals surface area contributed by atoms with Crippen molar-refractivity contribution >= 4 is 11.5 Å². The molecule has 0 aliphatic carbocycles. The van der Waals surface area contributed by atoms with Gasteiger partial charge in [-0.3, -0.25) is 4.98 Å². The van der Waals surface area contributed by atoms with Crippen LogP contribution in [0.15, 0.2) is 12.4 Å². The first kappa shape index (κ1) is 11.3. The Morgan fingerprint density at radius 2 is 2.17 bits per heavy atom. The average Bonchev–Trinajstić information content (AvgIpc) is 2.89. The summed E-state index contributed by atoms with van der Waals surface area (Å²) in [5, 5.41) is 15.0. The van der Waals surface area contributed by atoms with Crippen LogP contribution in [0, 0.1) is 0 Å². The van der Waals surface area contributed by atoms with Crippen LogP contribution in [0.2, 0.25) is 0 Å². The van der Waals surface area contributed by atoms with Gasteiger partial charge in [0.05, 0.1) is 12.4 Å². The van der Waals surface area contributed by atoms with Gasteiger partial charge in [-0.1, -0.05) is 6.92 Å². The molecule has 0 unspecified atom stereocenters. The largest absolute Gasteiger partial charge is 0.366 e. The number of aromatic nitrogens is 5. The minimum atomic E-state index is 0.476. The molecule has 0 radical (unpaired) electrons. The van der Waals surface area contributed by atoms with Crippen molar-refractivity contribution in [3.63, 3.8) is 0 Å². The van der Waals surface area contributed by atoms with E-state index in [0.29, 0.717) is 11.7 Å². The van der Waals surface area contributed by atoms with Crippen molar-refractivity contribution in [3.05, 3.63) is 12.4 Å². The highest BCUT2D eigenvalue weighted by Gasteiger charge is 2.18. The van der Waals surface area contributed by atoms with Gasteiger partial charge in [0.1, 0.15) is 0 Å². The summed E-state index contributed by atoms with van der Waals surface area (Å²) in [5.74, 6) is 0.868. The number of fused-ring (bicyclic) bond motifs is 1. The topological polar surface area (TPSA) is 71.2 Å². The Kier molecular flexibility index (Phi) is 3.06. The second-order valence-corrected chi connectivity index (χ2v) is 4.59. The first-order valence-corrected chi connectivity index (χ1v) is 6.38. The summed E-state index contributed by atoms with van der Waals surface area (Å²) in [6, 6.07) is 0.476. The molecule has 0 aromatic carbocycles. The van der Waals surface area contributed by atoms with Crippen LogP contribution in [-0.4, -0.2) is 55.6 Å². The quantitative estimate of drug-likeness (QED) is 0.847. The van der Waals surface area contributed by atoms with Gasteiger partial charge in [-0.15, -0.1) is 5.10 Å². The highest BCUT2D eigenvalue weighted by molar-refractivity contribution is 5.44. The molecule has 7 nitrogen and oxygen atoms in total. The molecule has 1 saturated heterocycles. The molecule has 1 fully saturated rings. The third kappa shape index (κ3) is 2.13. The molecular formula is C11H17N7. The van der Waals surface area contributed by atoms with Crippen molar-refractivity contribution in [3.8, 4) is 0 Å². The summed E-state index contributed by atoms with van der Waals surface area (Å²) in [6.45, 7) is 5.64. The zero-order chi connectivity index (χ0) is 12.4. The van der Waals surface area contributed by atoms with Gasteiger partial charge >= 0.3 is 0 Å². The Balaban J connectivity index is 1.71. The number of piperidine rings is 1. The maximum atomic E-state index is 4.15. The molecule has 0 saturated carbocycles. The van der Waals surface area contributed by atoms with Gasteiger partial charge < -0.3 is 10.2 Å². The number of anilines is 1. The van der Waals surface area contributed by atoms with Crippen molar-refractivity contribution in [2.75, 3.05) is 25.0 Å². The van der Waals surface area contributed by atoms with Crippen LogP contribution >= 0.6 is 0 Å². The second-order valence-electron chi connectivity index (χ2n) is 4.59. The zero-order valence-corrected chi connectivity index (χ0v) is 10.5. The number of tetrazole rings is 1. The average molecular weight is 247 g/mol. The fraction of sp³-hybridized carbons (Fsp3) is 0.636. The molecule has 0 amide bonds. The maximum absolute atomic E-state index is 4.15. The van der Waals surface area contributed by atoms with Crippen molar-refractivity contribution in [1.82, 2.24) is 29.9 Å². The lowest BCUT2D eigenvalue weighted by Crippen LogP contribution is -2.39. The van der Waals surface area contributed by atoms with E-state index in [1.165, 1.54) is 0 Å². The number of hydrogen-bond acceptors (Lipinski definition) is 6. The summed E-state index contributed by atoms with van der Waals surface area (Å²) < 4.78 is 1.69. The summed E-state index contributed by atoms with van der Waals surface area (Å²) >= 11 is 0. The molecular weight excluding hydrogens is 230 g/mol. The van der Waals surface area contributed by atoms with E-state index in [9.17, 15) is 0 Å². The van der Waals surface area contributed by atoms with E-state index >= 15 is 0 Å². The lowest BCUT2D eigenvalue weighted by atomic mass is 10.1. The summed E-state index contributed by atoms with van der Waals surface area (Å²) in [4.78, 5) is 6.61. The molecule has 3 rings (SSSR count). The van der Waals surface area contributed by atoms with E-state index in [1.54, 1.807) is 16.9 Å². The zero-order valence-electron chi connectivity index (χ0n) is 10.5. The van der Waals surface area contributed by atoms with E-state index < -0.39 is 0 Å². The molecule has 3 heterocycles. The third-order valence-corrected chi connectivity index (χ3v) is 3.50. The Morgan fingerprint density at radius 1 is 1.33 bits per heavy atom. The number of nitrogens with one attached hydrogen (secondary N) is 1. The molecule has 18 heavy (non-hydrogen) atoms. The van der Waals surface area contributed by atoms with Gasteiger partial charge in [0.2, 0.25) is 0 Å². The Labute approximate surface area is 105 Å². The van der Waals surface area contributed by atoms with E-state index in [0.717, 1.165) is 38.3 Å². The van der Waals surface area contributed by atoms with Crippen molar-refractivity contribution < 1.29 is 0 Å². The van der Waals surface area contributed by atoms with Crippen molar-refractivity contribution in [1.29, 1.82) is 0 Å². The van der Waals surface area contributed by atoms with Gasteiger partial charge in [-0.05, 0) is 29.8 Å². The van der Waals surface area contributed by atoms with E-state index in [-0.39, 0.29) is 0 Å². The Hall–Kier alpha value is -1.76. The molecule has 0 bridgehead atoms. The number of hydrogen-bond donors (Lipinski definition) is 1. The van der Waals surface area contributed by atoms with Crippen LogP contribution in [0.5, 0.6) is 0 Å². The van der Waals surface area contributed by atoms with Crippen LogP contribution in [0.3, 0.4) is 0 Å². The fourth-order valence-electron chi connectivity index (χ4n) is 2.38. The predicted octanol–water partition coefficient (Wildman–Crippen LogP) is 0.415. The van der Waals surface area contributed by atoms with Crippen LogP contribution in [0.1, 0.15) is 19.8 Å². The smallest absolute Gasteiger partial charge is 0.199 e. The summed E-state index contributed by atoms with van der Waals surface area (Å²) in [6.07, 6.45) is 5.72. The third-order valence-electron chi connectivity index (χ3n) is 3.50. The monoisotopic (exact) mass is 247 g/mol. The Bertz CT molecular complexity index is 515. The van der Waals surface area contributed by atoms with Crippen molar-refractivity contribution in [2.24, 2.45) is 0 Å². The number of nitrogens with zero attached hydrogens (tertiary/aromatic N) is 6. The van der Waals surface area contributed by atoms with Crippen molar-refractivity contribution in [2.45, 2.75) is 25.8 Å². The molecule has 2 aromatic rings. The first-order valence-electron chi connectivity index (χ1n) is 6.38. The maximum Gasteiger partial charge on any atom is 0.199 e. The minimum absolute atomic E-state index is 0.476. The normalized spacial score (nSPS) is 18.3. The van der Waals surface area contributed by atoms with Crippen LogP contribution in [0.25, 0.3) is 5.65 Å². The number of likely N-dealkylation sites (tertiary alicyclic amines) is 1. The second kappa shape index (κ2) is 4.85. The SMILES string of the molecule is CCN1CCC(Nc2cncc3nnnn23)CC1. The van der Waals surface area contributed by atoms with Crippen LogP contribution in [0.4, 0.5) is 5.82 Å². The van der Waals surface area contributed by atoms with Gasteiger partial charge in [0.15, 0.2) is 11.5 Å². The van der Waals surface area contributed by atoms with Gasteiger partial charge in [-0.25, -0.2) is 0 Å².